The fourth-order valence-electron chi connectivity index (χ4n) is 6.72. The van der Waals surface area contributed by atoms with Gasteiger partial charge in [0.05, 0.1) is 32.0 Å². The summed E-state index contributed by atoms with van der Waals surface area (Å²) in [7, 11) is -9.80. The lowest BCUT2D eigenvalue weighted by Crippen LogP contribution is -2.30. The lowest BCUT2D eigenvalue weighted by atomic mass is 9.90. The highest BCUT2D eigenvalue weighted by Crippen LogP contribution is 2.44. The minimum atomic E-state index is -4.91. The van der Waals surface area contributed by atoms with Gasteiger partial charge < -0.3 is 39.5 Å². The van der Waals surface area contributed by atoms with E-state index in [1.165, 1.54) is 19.3 Å². The molecular formula is C48H80O16P2. The van der Waals surface area contributed by atoms with Gasteiger partial charge in [0, 0.05) is 31.1 Å². The second-order valence-electron chi connectivity index (χ2n) is 16.5. The van der Waals surface area contributed by atoms with E-state index < -0.39 is 90.3 Å². The van der Waals surface area contributed by atoms with Crippen LogP contribution in [0, 0.1) is 11.8 Å². The number of rotatable bonds is 40. The van der Waals surface area contributed by atoms with Crippen molar-refractivity contribution in [1.82, 2.24) is 0 Å². The molecule has 1 aliphatic rings. The molecule has 0 aromatic carbocycles. The summed E-state index contributed by atoms with van der Waals surface area (Å²) in [4.78, 5) is 65.6. The van der Waals surface area contributed by atoms with Crippen LogP contribution in [0.2, 0.25) is 0 Å². The summed E-state index contributed by atoms with van der Waals surface area (Å²) in [6, 6.07) is 0. The minimum absolute atomic E-state index is 0.0101. The number of phosphoric ester groups is 2. The summed E-state index contributed by atoms with van der Waals surface area (Å²) in [5, 5.41) is 30.5. The van der Waals surface area contributed by atoms with Crippen molar-refractivity contribution in [3.8, 4) is 0 Å². The highest BCUT2D eigenvalue weighted by molar-refractivity contribution is 7.47. The predicted molar refractivity (Wildman–Crippen MR) is 254 cm³/mol. The van der Waals surface area contributed by atoms with Gasteiger partial charge in [0.25, 0.3) is 0 Å². The molecule has 1 fully saturated rings. The summed E-state index contributed by atoms with van der Waals surface area (Å²) < 4.78 is 47.8. The Morgan fingerprint density at radius 1 is 0.667 bits per heavy atom. The van der Waals surface area contributed by atoms with E-state index in [2.05, 4.69) is 71.5 Å². The Balaban J connectivity index is 2.57. The average Bonchev–Trinajstić information content (AvgIpc) is 3.54. The van der Waals surface area contributed by atoms with Crippen LogP contribution >= 0.6 is 15.6 Å². The molecule has 16 nitrogen and oxygen atoms in total. The van der Waals surface area contributed by atoms with Gasteiger partial charge in [0.1, 0.15) is 18.5 Å². The number of allylic oxidation sites excluding steroid dienone is 10. The van der Waals surface area contributed by atoms with Crippen LogP contribution in [-0.2, 0) is 46.6 Å². The molecule has 1 rings (SSSR count). The molecule has 0 radical (unpaired) electrons. The van der Waals surface area contributed by atoms with Crippen LogP contribution < -0.4 is 0 Å². The van der Waals surface area contributed by atoms with Gasteiger partial charge in [-0.05, 0) is 77.0 Å². The molecular weight excluding hydrogens is 894 g/mol. The maximum Gasteiger partial charge on any atom is 0.472 e. The highest BCUT2D eigenvalue weighted by atomic mass is 31.2. The van der Waals surface area contributed by atoms with Crippen molar-refractivity contribution in [3.05, 3.63) is 72.9 Å². The van der Waals surface area contributed by atoms with Crippen LogP contribution in [0.5, 0.6) is 0 Å². The number of hydrogen-bond acceptors (Lipinski definition) is 13. The Hall–Kier alpha value is -2.85. The maximum absolute atomic E-state index is 12.7. The first-order valence-corrected chi connectivity index (χ1v) is 26.8. The lowest BCUT2D eigenvalue weighted by Gasteiger charge is -2.20. The second kappa shape index (κ2) is 38.1. The molecule has 0 amide bonds. The molecule has 0 aliphatic heterocycles. The number of ether oxygens (including phenoxy) is 2. The van der Waals surface area contributed by atoms with E-state index in [4.69, 9.17) is 23.8 Å². The summed E-state index contributed by atoms with van der Waals surface area (Å²) in [6.45, 7) is 1.28. The van der Waals surface area contributed by atoms with E-state index in [1.807, 2.05) is 12.2 Å². The third-order valence-corrected chi connectivity index (χ3v) is 11.9. The number of phosphoric acid groups is 2. The van der Waals surface area contributed by atoms with E-state index in [0.29, 0.717) is 32.1 Å². The van der Waals surface area contributed by atoms with E-state index >= 15 is 0 Å². The number of aliphatic hydroxyl groups is 3. The van der Waals surface area contributed by atoms with Gasteiger partial charge in [-0.1, -0.05) is 125 Å². The van der Waals surface area contributed by atoms with Crippen molar-refractivity contribution < 1.29 is 76.6 Å². The van der Waals surface area contributed by atoms with Gasteiger partial charge in [-0.2, -0.15) is 0 Å². The molecule has 1 aliphatic carbocycles. The molecule has 1 unspecified atom stereocenters. The second-order valence-corrected chi connectivity index (χ2v) is 19.1. The summed E-state index contributed by atoms with van der Waals surface area (Å²) in [5.41, 5.74) is 0. The molecule has 0 aromatic rings. The zero-order valence-corrected chi connectivity index (χ0v) is 41.0. The molecule has 0 bridgehead atoms. The van der Waals surface area contributed by atoms with Gasteiger partial charge in [0.2, 0.25) is 0 Å². The normalized spacial score (nSPS) is 19.6. The standard InChI is InChI=1S/C48H80O16P2/c1-3-5-7-8-9-10-11-12-13-14-15-16-17-18-19-20-21-22-28-32-48(54)64-42(39-63-66(58,59)62-37-41(50)36-61-65(55,56)57)38-60-47(53)31-27-24-23-26-30-43-44(46(52)35-45(43)51)34-33-40(49)29-25-6-4-2/h9-10,12-13,15-16,18-19,23,26,33-34,40-44,46,49-50,52H,3-8,11,14,17,20-22,24-25,27-32,35-39H2,1-2H3,(H,58,59)(H2,55,56,57)/b10-9-,13-12-,16-15-,19-18-,26-23-,34-33+/t40-,41-,42+,43+,44+,46+/m0/s1. The third-order valence-electron chi connectivity index (χ3n) is 10.4. The number of hydrogen-bond donors (Lipinski definition) is 6. The molecule has 0 saturated heterocycles. The monoisotopic (exact) mass is 974 g/mol. The Bertz CT molecular complexity index is 1600. The molecule has 378 valence electrons. The molecule has 18 heteroatoms. The molecule has 1 saturated carbocycles. The van der Waals surface area contributed by atoms with E-state index in [1.54, 1.807) is 12.2 Å². The number of aliphatic hydroxyl groups excluding tert-OH is 3. The molecule has 0 spiro atoms. The number of unbranched alkanes of at least 4 members (excludes halogenated alkanes) is 9. The predicted octanol–water partition coefficient (Wildman–Crippen LogP) is 9.15. The Morgan fingerprint density at radius 2 is 1.21 bits per heavy atom. The van der Waals surface area contributed by atoms with Crippen molar-refractivity contribution >= 4 is 33.4 Å². The van der Waals surface area contributed by atoms with Gasteiger partial charge in [0.15, 0.2) is 6.10 Å². The molecule has 0 heterocycles. The number of esters is 2. The quantitative estimate of drug-likeness (QED) is 0.0145. The molecule has 6 N–H and O–H groups in total. The first kappa shape index (κ1) is 61.2. The van der Waals surface area contributed by atoms with Gasteiger partial charge in [-0.3, -0.25) is 28.0 Å². The molecule has 66 heavy (non-hydrogen) atoms. The Kier molecular flexibility index (Phi) is 35.3. The number of carbonyl (C=O) groups is 3. The van der Waals surface area contributed by atoms with Crippen molar-refractivity contribution in [2.24, 2.45) is 11.8 Å². The van der Waals surface area contributed by atoms with Crippen LogP contribution in [0.25, 0.3) is 0 Å². The van der Waals surface area contributed by atoms with Crippen LogP contribution in [0.1, 0.15) is 149 Å². The third kappa shape index (κ3) is 34.4. The van der Waals surface area contributed by atoms with Crippen LogP contribution in [0.4, 0.5) is 0 Å². The van der Waals surface area contributed by atoms with Gasteiger partial charge in [-0.25, -0.2) is 9.13 Å². The van der Waals surface area contributed by atoms with E-state index in [-0.39, 0.29) is 25.0 Å². The van der Waals surface area contributed by atoms with Crippen LogP contribution in [0.15, 0.2) is 72.9 Å². The molecule has 0 aromatic heterocycles. The number of Topliss-reactive ketones (excluding diaryl/α,β-unsaturated/α-hetero) is 1. The first-order chi connectivity index (χ1) is 31.6. The van der Waals surface area contributed by atoms with Gasteiger partial charge in [-0.15, -0.1) is 0 Å². The Morgan fingerprint density at radius 3 is 1.85 bits per heavy atom. The number of carbonyl (C=O) groups excluding carboxylic acids is 3. The lowest BCUT2D eigenvalue weighted by molar-refractivity contribution is -0.161. The summed E-state index contributed by atoms with van der Waals surface area (Å²) >= 11 is 0. The smallest absolute Gasteiger partial charge is 0.462 e. The van der Waals surface area contributed by atoms with Crippen molar-refractivity contribution in [1.29, 1.82) is 0 Å². The fraction of sp³-hybridized carbons (Fsp3) is 0.688. The largest absolute Gasteiger partial charge is 0.472 e. The fourth-order valence-corrected chi connectivity index (χ4v) is 7.88. The van der Waals surface area contributed by atoms with Crippen molar-refractivity contribution in [3.63, 3.8) is 0 Å². The van der Waals surface area contributed by atoms with Crippen LogP contribution in [0.3, 0.4) is 0 Å². The van der Waals surface area contributed by atoms with E-state index in [0.717, 1.165) is 64.2 Å². The summed E-state index contributed by atoms with van der Waals surface area (Å²) in [5.74, 6) is -2.12. The molecule has 7 atom stereocenters. The van der Waals surface area contributed by atoms with Crippen molar-refractivity contribution in [2.45, 2.75) is 173 Å². The average molecular weight is 975 g/mol. The SMILES string of the molecule is CCCCC/C=C\C/C=C\C/C=C\C/C=C\CCCCCC(=O)O[C@H](COC(=O)CCC/C=C\C[C@H]1C(=O)C[C@@H](O)[C@@H]1/C=C/[C@@H](O)CCCCC)COP(=O)(O)OC[C@@H](O)COP(=O)(O)O. The topological polar surface area (TPSA) is 253 Å². The van der Waals surface area contributed by atoms with Crippen LogP contribution in [-0.4, -0.2) is 98.6 Å². The maximum atomic E-state index is 12.7. The zero-order valence-electron chi connectivity index (χ0n) is 39.2. The minimum Gasteiger partial charge on any atom is -0.462 e. The summed E-state index contributed by atoms with van der Waals surface area (Å²) in [6.07, 6.45) is 35.4. The first-order valence-electron chi connectivity index (χ1n) is 23.7. The zero-order chi connectivity index (χ0) is 48.9. The van der Waals surface area contributed by atoms with Crippen molar-refractivity contribution in [2.75, 3.05) is 26.4 Å². The van der Waals surface area contributed by atoms with E-state index in [9.17, 15) is 43.7 Å². The highest BCUT2D eigenvalue weighted by Gasteiger charge is 2.39. The number of ketones is 1. The Labute approximate surface area is 393 Å². The van der Waals surface area contributed by atoms with Gasteiger partial charge >= 0.3 is 27.6 Å².